The van der Waals surface area contributed by atoms with Crippen LogP contribution < -0.4 is 4.74 Å². The molecule has 0 aliphatic heterocycles. The Morgan fingerprint density at radius 2 is 1.81 bits per heavy atom. The summed E-state index contributed by atoms with van der Waals surface area (Å²) < 4.78 is 27.2. The number of esters is 1. The van der Waals surface area contributed by atoms with Gasteiger partial charge >= 0.3 is 5.97 Å². The van der Waals surface area contributed by atoms with Gasteiger partial charge in [0.15, 0.2) is 0 Å². The fourth-order valence-electron chi connectivity index (χ4n) is 6.38. The van der Waals surface area contributed by atoms with Crippen molar-refractivity contribution in [1.29, 1.82) is 0 Å². The third-order valence-electron chi connectivity index (χ3n) is 8.51. The van der Waals surface area contributed by atoms with Gasteiger partial charge < -0.3 is 19.6 Å². The van der Waals surface area contributed by atoms with Crippen molar-refractivity contribution in [2.24, 2.45) is 7.05 Å². The molecule has 242 valence electrons. The Balaban J connectivity index is 1.38. The van der Waals surface area contributed by atoms with Gasteiger partial charge in [0.1, 0.15) is 23.4 Å². The summed E-state index contributed by atoms with van der Waals surface area (Å²) in [6.45, 7) is 4.42. The van der Waals surface area contributed by atoms with E-state index in [-0.39, 0.29) is 12.4 Å². The Labute approximate surface area is 277 Å². The van der Waals surface area contributed by atoms with Crippen molar-refractivity contribution in [2.75, 3.05) is 13.2 Å². The molecule has 7 nitrogen and oxygen atoms in total. The van der Waals surface area contributed by atoms with Gasteiger partial charge in [-0.1, -0.05) is 67.1 Å². The fourth-order valence-corrected chi connectivity index (χ4v) is 6.64. The van der Waals surface area contributed by atoms with E-state index in [0.29, 0.717) is 65.5 Å². The van der Waals surface area contributed by atoms with Crippen LogP contribution in [0.1, 0.15) is 59.4 Å². The van der Waals surface area contributed by atoms with E-state index < -0.39 is 12.1 Å². The van der Waals surface area contributed by atoms with Crippen LogP contribution >= 0.6 is 11.6 Å². The zero-order valence-electron chi connectivity index (χ0n) is 26.6. The first-order chi connectivity index (χ1) is 22.8. The van der Waals surface area contributed by atoms with Gasteiger partial charge in [-0.25, -0.2) is 9.18 Å². The molecular weight excluding hydrogens is 617 g/mol. The number of ether oxygens (including phenoxy) is 2. The van der Waals surface area contributed by atoms with Crippen LogP contribution in [0.3, 0.4) is 0 Å². The zero-order valence-corrected chi connectivity index (χ0v) is 27.4. The number of aliphatic hydroxyl groups excluding tert-OH is 1. The summed E-state index contributed by atoms with van der Waals surface area (Å²) in [6.07, 6.45) is 1.28. The number of H-pyrrole nitrogens is 1. The second-order valence-corrected chi connectivity index (χ2v) is 11.9. The largest absolute Gasteiger partial charge is 0.493 e. The zero-order chi connectivity index (χ0) is 33.1. The normalized spacial score (nSPS) is 12.1. The minimum atomic E-state index is -0.883. The van der Waals surface area contributed by atoms with Gasteiger partial charge in [0.05, 0.1) is 29.4 Å². The maximum atomic E-state index is 13.8. The molecule has 2 heterocycles. The average Bonchev–Trinajstić information content (AvgIpc) is 3.60. The van der Waals surface area contributed by atoms with Crippen LogP contribution in [0.15, 0.2) is 78.9 Å². The molecular formula is C38H37ClFN3O4. The topological polar surface area (TPSA) is 89.4 Å². The van der Waals surface area contributed by atoms with Crippen molar-refractivity contribution in [3.63, 3.8) is 0 Å². The molecule has 0 spiro atoms. The van der Waals surface area contributed by atoms with Crippen LogP contribution in [-0.4, -0.2) is 39.1 Å². The summed E-state index contributed by atoms with van der Waals surface area (Å²) in [5.41, 5.74) is 5.72. The first-order valence-electron chi connectivity index (χ1n) is 15.9. The molecule has 2 aromatic heterocycles. The number of nitrogens with zero attached hydrogens (tertiary/aromatic N) is 2. The Hall–Kier alpha value is -4.66. The monoisotopic (exact) mass is 653 g/mol. The molecule has 6 rings (SSSR count). The minimum absolute atomic E-state index is 0.227. The number of aromatic nitrogens is 3. The molecule has 0 saturated carbocycles. The molecule has 47 heavy (non-hydrogen) atoms. The number of aliphatic hydroxyl groups is 1. The molecule has 4 aromatic carbocycles. The molecule has 0 fully saturated rings. The average molecular weight is 654 g/mol. The van der Waals surface area contributed by atoms with E-state index in [1.54, 1.807) is 17.7 Å². The molecule has 0 aliphatic rings. The maximum Gasteiger partial charge on any atom is 0.355 e. The number of carbonyl (C=O) groups excluding carboxylic acids is 1. The molecule has 9 heteroatoms. The van der Waals surface area contributed by atoms with Crippen LogP contribution in [0.25, 0.3) is 32.8 Å². The highest BCUT2D eigenvalue weighted by Crippen LogP contribution is 2.43. The lowest BCUT2D eigenvalue weighted by Crippen LogP contribution is -2.09. The standard InChI is InChI=1S/C38H37ClFN3O4/c1-4-30-34(37(42-43(30)3)31(44)21-23-11-7-6-8-12-23)33-29(39)19-18-28-27(36(41-35(28)33)38(45)46-5-2)14-10-20-47-32-15-9-13-24-22-25(40)16-17-26(24)32/h6-9,11-13,15-19,22,31,41,44H,4-5,10,14,20-21H2,1-3H3. The molecule has 0 bridgehead atoms. The predicted octanol–water partition coefficient (Wildman–Crippen LogP) is 8.54. The van der Waals surface area contributed by atoms with E-state index >= 15 is 0 Å². The quantitative estimate of drug-likeness (QED) is 0.102. The van der Waals surface area contributed by atoms with Gasteiger partial charge in [-0.3, -0.25) is 4.68 Å². The number of hydrogen-bond donors (Lipinski definition) is 2. The summed E-state index contributed by atoms with van der Waals surface area (Å²) in [7, 11) is 1.87. The number of rotatable bonds is 12. The van der Waals surface area contributed by atoms with Crippen molar-refractivity contribution in [2.45, 2.75) is 45.6 Å². The Morgan fingerprint density at radius 3 is 2.57 bits per heavy atom. The summed E-state index contributed by atoms with van der Waals surface area (Å²) >= 11 is 6.97. The van der Waals surface area contributed by atoms with E-state index in [4.69, 9.17) is 26.2 Å². The van der Waals surface area contributed by atoms with Crippen LogP contribution in [0.2, 0.25) is 5.02 Å². The lowest BCUT2D eigenvalue weighted by molar-refractivity contribution is 0.0519. The molecule has 1 atom stereocenters. The van der Waals surface area contributed by atoms with Gasteiger partial charge in [0.2, 0.25) is 0 Å². The summed E-state index contributed by atoms with van der Waals surface area (Å²) in [4.78, 5) is 16.7. The number of nitrogens with one attached hydrogen (secondary N) is 1. The summed E-state index contributed by atoms with van der Waals surface area (Å²) in [6, 6.07) is 23.7. The highest BCUT2D eigenvalue weighted by atomic mass is 35.5. The summed E-state index contributed by atoms with van der Waals surface area (Å²) in [5, 5.41) is 19.2. The maximum absolute atomic E-state index is 13.8. The van der Waals surface area contributed by atoms with Gasteiger partial charge in [-0.15, -0.1) is 0 Å². The van der Waals surface area contributed by atoms with Crippen LogP contribution in [0.5, 0.6) is 5.75 Å². The molecule has 0 aliphatic carbocycles. The van der Waals surface area contributed by atoms with Gasteiger partial charge in [0.25, 0.3) is 0 Å². The molecule has 0 radical (unpaired) electrons. The molecule has 1 unspecified atom stereocenters. The van der Waals surface area contributed by atoms with E-state index in [1.165, 1.54) is 12.1 Å². The lowest BCUT2D eigenvalue weighted by atomic mass is 9.94. The Kier molecular flexibility index (Phi) is 9.61. The smallest absolute Gasteiger partial charge is 0.355 e. The number of fused-ring (bicyclic) bond motifs is 2. The number of halogens is 2. The van der Waals surface area contributed by atoms with Gasteiger partial charge in [-0.2, -0.15) is 5.10 Å². The lowest BCUT2D eigenvalue weighted by Gasteiger charge is -2.14. The van der Waals surface area contributed by atoms with E-state index in [0.717, 1.165) is 38.5 Å². The fraction of sp³-hybridized carbons (Fsp3) is 0.263. The van der Waals surface area contributed by atoms with E-state index in [9.17, 15) is 14.3 Å². The second kappa shape index (κ2) is 14.0. The Bertz CT molecular complexity index is 2050. The number of aryl methyl sites for hydroxylation is 2. The highest BCUT2D eigenvalue weighted by Gasteiger charge is 2.28. The van der Waals surface area contributed by atoms with Crippen molar-refractivity contribution < 1.29 is 23.8 Å². The molecule has 6 aromatic rings. The number of carbonyl (C=O) groups is 1. The van der Waals surface area contributed by atoms with E-state index in [1.807, 2.05) is 74.6 Å². The van der Waals surface area contributed by atoms with Crippen molar-refractivity contribution in [3.05, 3.63) is 118 Å². The van der Waals surface area contributed by atoms with Crippen LogP contribution in [-0.2, 0) is 31.0 Å². The second-order valence-electron chi connectivity index (χ2n) is 11.5. The first-order valence-corrected chi connectivity index (χ1v) is 16.3. The minimum Gasteiger partial charge on any atom is -0.493 e. The van der Waals surface area contributed by atoms with Crippen molar-refractivity contribution in [3.8, 4) is 16.9 Å². The third kappa shape index (κ3) is 6.48. The molecule has 0 amide bonds. The summed E-state index contributed by atoms with van der Waals surface area (Å²) in [5.74, 6) is -0.0782. The number of benzene rings is 4. The predicted molar refractivity (Wildman–Crippen MR) is 184 cm³/mol. The van der Waals surface area contributed by atoms with E-state index in [2.05, 4.69) is 4.98 Å². The third-order valence-corrected chi connectivity index (χ3v) is 8.82. The Morgan fingerprint density at radius 1 is 1.02 bits per heavy atom. The van der Waals surface area contributed by atoms with Crippen LogP contribution in [0.4, 0.5) is 4.39 Å². The molecule has 0 saturated heterocycles. The number of aromatic amines is 1. The van der Waals surface area contributed by atoms with Crippen molar-refractivity contribution in [1.82, 2.24) is 14.8 Å². The van der Waals surface area contributed by atoms with Gasteiger partial charge in [-0.05, 0) is 73.0 Å². The van der Waals surface area contributed by atoms with Crippen molar-refractivity contribution >= 4 is 39.2 Å². The molecule has 2 N–H and O–H groups in total. The highest BCUT2D eigenvalue weighted by molar-refractivity contribution is 6.35. The van der Waals surface area contributed by atoms with Gasteiger partial charge in [0, 0.05) is 41.1 Å². The first kappa shape index (κ1) is 32.3. The van der Waals surface area contributed by atoms with Crippen LogP contribution in [0, 0.1) is 5.82 Å². The SMILES string of the molecule is CCOC(=O)c1[nH]c2c(-c3c(C(O)Cc4ccccc4)nn(C)c3CC)c(Cl)ccc2c1CCCOc1cccc2cc(F)ccc12. The number of hydrogen-bond acceptors (Lipinski definition) is 5.